The van der Waals surface area contributed by atoms with Crippen molar-refractivity contribution in [3.63, 3.8) is 0 Å². The second-order valence-corrected chi connectivity index (χ2v) is 6.69. The fraction of sp³-hybridized carbons (Fsp3) is 0. The van der Waals surface area contributed by atoms with E-state index in [1.54, 1.807) is 12.5 Å². The van der Waals surface area contributed by atoms with Crippen LogP contribution in [0.2, 0.25) is 0 Å². The van der Waals surface area contributed by atoms with Crippen LogP contribution in [0.15, 0.2) is 61.2 Å². The smallest absolute Gasteiger partial charge is 0.231 e. The Kier molecular flexibility index (Phi) is 3.27. The van der Waals surface area contributed by atoms with Gasteiger partial charge in [-0.25, -0.2) is 4.98 Å². The summed E-state index contributed by atoms with van der Waals surface area (Å²) < 4.78 is 0. The molecule has 0 bridgehead atoms. The Labute approximate surface area is 163 Å². The molecule has 0 amide bonds. The van der Waals surface area contributed by atoms with Gasteiger partial charge in [0.2, 0.25) is 5.95 Å². The summed E-state index contributed by atoms with van der Waals surface area (Å²) in [5, 5.41) is 15.6. The van der Waals surface area contributed by atoms with Gasteiger partial charge in [-0.15, -0.1) is 0 Å². The Morgan fingerprint density at radius 2 is 1.72 bits per heavy atom. The van der Waals surface area contributed by atoms with E-state index >= 15 is 0 Å². The van der Waals surface area contributed by atoms with Gasteiger partial charge >= 0.3 is 0 Å². The Morgan fingerprint density at radius 1 is 0.828 bits per heavy atom. The highest BCUT2D eigenvalue weighted by Gasteiger charge is 2.10. The minimum Gasteiger partial charge on any atom is -0.346 e. The van der Waals surface area contributed by atoms with Crippen molar-refractivity contribution in [3.8, 4) is 0 Å². The molecule has 9 nitrogen and oxygen atoms in total. The van der Waals surface area contributed by atoms with E-state index in [9.17, 15) is 0 Å². The molecule has 0 saturated heterocycles. The molecular weight excluding hydrogens is 366 g/mol. The molecule has 0 atom stereocenters. The summed E-state index contributed by atoms with van der Waals surface area (Å²) in [6.45, 7) is 0. The molecule has 2 aromatic carbocycles. The second-order valence-electron chi connectivity index (χ2n) is 6.69. The minimum absolute atomic E-state index is 0.490. The molecule has 0 fully saturated rings. The van der Waals surface area contributed by atoms with Crippen LogP contribution in [-0.2, 0) is 0 Å². The first-order valence-corrected chi connectivity index (χ1v) is 9.07. The number of aromatic amines is 3. The summed E-state index contributed by atoms with van der Waals surface area (Å²) in [6.07, 6.45) is 5.32. The number of H-pyrrole nitrogens is 3. The molecule has 0 unspecified atom stereocenters. The SMILES string of the molecule is c1nc2ccc(Nc3nc(Nc4ccc5cn[nH]c5c4)nc4[nH]ccc34)cc2[nH]1. The summed E-state index contributed by atoms with van der Waals surface area (Å²) in [7, 11) is 0. The second kappa shape index (κ2) is 6.06. The number of aromatic nitrogens is 7. The Bertz CT molecular complexity index is 1470. The Morgan fingerprint density at radius 3 is 2.72 bits per heavy atom. The van der Waals surface area contributed by atoms with Crippen LogP contribution >= 0.6 is 0 Å². The third-order valence-electron chi connectivity index (χ3n) is 4.80. The van der Waals surface area contributed by atoms with Crippen LogP contribution in [0, 0.1) is 0 Å². The predicted molar refractivity (Wildman–Crippen MR) is 113 cm³/mol. The topological polar surface area (TPSA) is 123 Å². The molecule has 5 N–H and O–H groups in total. The lowest BCUT2D eigenvalue weighted by Crippen LogP contribution is -2.02. The van der Waals surface area contributed by atoms with Crippen LogP contribution in [0.25, 0.3) is 33.0 Å². The standard InChI is InChI=1S/C20H15N9/c1-2-13(7-16-11(1)9-24-29-16)26-20-27-18-14(5-6-21-18)19(28-20)25-12-3-4-15-17(8-12)23-10-22-15/h1-10H,(H,22,23)(H,24,29)(H3,21,25,26,27,28). The van der Waals surface area contributed by atoms with Gasteiger partial charge in [-0.3, -0.25) is 5.10 Å². The van der Waals surface area contributed by atoms with Gasteiger partial charge in [-0.05, 0) is 42.5 Å². The van der Waals surface area contributed by atoms with Crippen molar-refractivity contribution in [2.24, 2.45) is 0 Å². The number of hydrogen-bond donors (Lipinski definition) is 5. The summed E-state index contributed by atoms with van der Waals surface area (Å²) in [4.78, 5) is 19.8. The van der Waals surface area contributed by atoms with Gasteiger partial charge in [-0.2, -0.15) is 15.1 Å². The summed E-state index contributed by atoms with van der Waals surface area (Å²) in [5.74, 6) is 1.20. The number of hydrogen-bond acceptors (Lipinski definition) is 6. The zero-order chi connectivity index (χ0) is 19.2. The van der Waals surface area contributed by atoms with Crippen molar-refractivity contribution >= 4 is 56.1 Å². The summed E-state index contributed by atoms with van der Waals surface area (Å²) in [6, 6.07) is 13.8. The maximum atomic E-state index is 4.69. The summed E-state index contributed by atoms with van der Waals surface area (Å²) >= 11 is 0. The van der Waals surface area contributed by atoms with Crippen molar-refractivity contribution in [2.45, 2.75) is 0 Å². The zero-order valence-electron chi connectivity index (χ0n) is 15.1. The third kappa shape index (κ3) is 2.72. The Hall–Kier alpha value is -4.40. The van der Waals surface area contributed by atoms with E-state index in [4.69, 9.17) is 4.98 Å². The highest BCUT2D eigenvalue weighted by molar-refractivity contribution is 5.91. The van der Waals surface area contributed by atoms with E-state index in [0.717, 1.165) is 44.3 Å². The van der Waals surface area contributed by atoms with E-state index in [1.165, 1.54) is 0 Å². The van der Waals surface area contributed by atoms with E-state index in [-0.39, 0.29) is 0 Å². The van der Waals surface area contributed by atoms with Crippen LogP contribution in [0.1, 0.15) is 0 Å². The van der Waals surface area contributed by atoms with Gasteiger partial charge in [0, 0.05) is 23.0 Å². The van der Waals surface area contributed by atoms with E-state index in [0.29, 0.717) is 11.8 Å². The molecule has 6 aromatic rings. The van der Waals surface area contributed by atoms with Crippen LogP contribution < -0.4 is 10.6 Å². The largest absolute Gasteiger partial charge is 0.346 e. The number of anilines is 4. The highest BCUT2D eigenvalue weighted by Crippen LogP contribution is 2.27. The lowest BCUT2D eigenvalue weighted by Gasteiger charge is -2.10. The number of nitrogens with one attached hydrogen (secondary N) is 5. The Balaban J connectivity index is 1.38. The number of nitrogens with zero attached hydrogens (tertiary/aromatic N) is 4. The first-order valence-electron chi connectivity index (χ1n) is 9.07. The number of imidazole rings is 1. The predicted octanol–water partition coefficient (Wildman–Crippen LogP) is 4.20. The molecule has 0 radical (unpaired) electrons. The van der Waals surface area contributed by atoms with Crippen LogP contribution in [-0.4, -0.2) is 35.1 Å². The number of benzene rings is 2. The molecular formula is C20H15N9. The van der Waals surface area contributed by atoms with Crippen LogP contribution in [0.5, 0.6) is 0 Å². The van der Waals surface area contributed by atoms with Crippen molar-refractivity contribution in [3.05, 3.63) is 61.2 Å². The molecule has 0 spiro atoms. The lowest BCUT2D eigenvalue weighted by atomic mass is 10.2. The zero-order valence-corrected chi connectivity index (χ0v) is 15.1. The molecule has 4 heterocycles. The highest BCUT2D eigenvalue weighted by atomic mass is 15.2. The normalized spacial score (nSPS) is 11.4. The van der Waals surface area contributed by atoms with Gasteiger partial charge < -0.3 is 20.6 Å². The van der Waals surface area contributed by atoms with Crippen molar-refractivity contribution in [2.75, 3.05) is 10.6 Å². The molecule has 9 heteroatoms. The molecule has 4 aromatic heterocycles. The van der Waals surface area contributed by atoms with Crippen LogP contribution in [0.4, 0.5) is 23.1 Å². The molecule has 0 aliphatic heterocycles. The first kappa shape index (κ1) is 15.6. The molecule has 0 aliphatic carbocycles. The van der Waals surface area contributed by atoms with Gasteiger partial charge in [-0.1, -0.05) is 0 Å². The van der Waals surface area contributed by atoms with Gasteiger partial charge in [0.25, 0.3) is 0 Å². The van der Waals surface area contributed by atoms with Gasteiger partial charge in [0.15, 0.2) is 0 Å². The minimum atomic E-state index is 0.490. The maximum Gasteiger partial charge on any atom is 0.231 e. The lowest BCUT2D eigenvalue weighted by molar-refractivity contribution is 1.12. The monoisotopic (exact) mass is 381 g/mol. The average Bonchev–Trinajstić information content (AvgIpc) is 3.47. The molecule has 0 saturated carbocycles. The molecule has 6 rings (SSSR count). The quantitative estimate of drug-likeness (QED) is 0.312. The third-order valence-corrected chi connectivity index (χ3v) is 4.80. The van der Waals surface area contributed by atoms with Crippen molar-refractivity contribution in [1.29, 1.82) is 0 Å². The number of fused-ring (bicyclic) bond motifs is 3. The van der Waals surface area contributed by atoms with E-state index < -0.39 is 0 Å². The molecule has 140 valence electrons. The van der Waals surface area contributed by atoms with Crippen LogP contribution in [0.3, 0.4) is 0 Å². The van der Waals surface area contributed by atoms with E-state index in [1.807, 2.05) is 48.7 Å². The van der Waals surface area contributed by atoms with Gasteiger partial charge in [0.1, 0.15) is 11.5 Å². The molecule has 29 heavy (non-hydrogen) atoms. The number of rotatable bonds is 4. The average molecular weight is 381 g/mol. The van der Waals surface area contributed by atoms with Gasteiger partial charge in [0.05, 0.1) is 34.5 Å². The maximum absolute atomic E-state index is 4.69. The van der Waals surface area contributed by atoms with Crippen molar-refractivity contribution < 1.29 is 0 Å². The van der Waals surface area contributed by atoms with Crippen molar-refractivity contribution in [1.82, 2.24) is 35.1 Å². The fourth-order valence-corrected chi connectivity index (χ4v) is 3.39. The molecule has 0 aliphatic rings. The van der Waals surface area contributed by atoms with E-state index in [2.05, 4.69) is 40.8 Å². The first-order chi connectivity index (χ1) is 14.3. The summed E-state index contributed by atoms with van der Waals surface area (Å²) in [5.41, 5.74) is 5.35. The fourth-order valence-electron chi connectivity index (χ4n) is 3.39.